The molecule has 2 nitrogen and oxygen atoms in total. The fraction of sp³-hybridized carbons (Fsp3) is 0.357. The van der Waals surface area contributed by atoms with Crippen molar-refractivity contribution in [1.29, 1.82) is 0 Å². The van der Waals surface area contributed by atoms with Crippen molar-refractivity contribution in [3.63, 3.8) is 0 Å². The normalized spacial score (nSPS) is 11.2. The van der Waals surface area contributed by atoms with Crippen molar-refractivity contribution in [2.75, 3.05) is 0 Å². The van der Waals surface area contributed by atoms with Crippen LogP contribution in [-0.2, 0) is 5.41 Å². The Balaban J connectivity index is 2.34. The van der Waals surface area contributed by atoms with Gasteiger partial charge in [-0.2, -0.15) is 0 Å². The van der Waals surface area contributed by atoms with E-state index >= 15 is 0 Å². The maximum Gasteiger partial charge on any atom is 0.212 e. The number of hydrogen-bond acceptors (Lipinski definition) is 3. The summed E-state index contributed by atoms with van der Waals surface area (Å²) in [5.41, 5.74) is 1.88. The largest absolute Gasteiger partial charge is 0.347 e. The minimum absolute atomic E-state index is 0.0936. The summed E-state index contributed by atoms with van der Waals surface area (Å²) >= 11 is 7.78. The van der Waals surface area contributed by atoms with Crippen LogP contribution < -0.4 is 0 Å². The van der Waals surface area contributed by atoms with Crippen LogP contribution in [0, 0.1) is 18.8 Å². The molecule has 0 N–H and O–H groups in total. The molecule has 0 saturated heterocycles. The molecule has 0 radical (unpaired) electrons. The molecule has 0 aliphatic carbocycles. The smallest absolute Gasteiger partial charge is 0.212 e. The lowest BCUT2D eigenvalue weighted by Gasteiger charge is -2.14. The molecule has 2 rings (SSSR count). The topological polar surface area (TPSA) is 26.0 Å². The van der Waals surface area contributed by atoms with E-state index in [0.717, 1.165) is 15.5 Å². The number of halogens is 1. The average molecular weight is 280 g/mol. The highest BCUT2D eigenvalue weighted by Gasteiger charge is 2.18. The van der Waals surface area contributed by atoms with Gasteiger partial charge in [-0.1, -0.05) is 43.4 Å². The molecule has 0 saturated carbocycles. The lowest BCUT2D eigenvalue weighted by Crippen LogP contribution is -2.07. The first kappa shape index (κ1) is 13.2. The Morgan fingerprint density at radius 2 is 2.06 bits per heavy atom. The number of aryl methyl sites for hydroxylation is 1. The molecule has 0 aliphatic rings. The van der Waals surface area contributed by atoms with Gasteiger partial charge in [-0.25, -0.2) is 0 Å². The molecule has 0 bridgehead atoms. The van der Waals surface area contributed by atoms with E-state index in [1.807, 2.05) is 13.0 Å². The molecule has 2 heterocycles. The molecule has 4 heteroatoms. The number of nitrogens with zero attached hydrogens (tertiary/aromatic N) is 1. The van der Waals surface area contributed by atoms with Crippen molar-refractivity contribution < 1.29 is 4.52 Å². The highest BCUT2D eigenvalue weighted by Crippen LogP contribution is 2.35. The van der Waals surface area contributed by atoms with Gasteiger partial charge in [-0.3, -0.25) is 0 Å². The molecule has 2 aromatic heterocycles. The Kier molecular flexibility index (Phi) is 3.52. The summed E-state index contributed by atoms with van der Waals surface area (Å²) in [6.07, 6.45) is 1.65. The molecule has 94 valence electrons. The molecule has 2 aromatic rings. The van der Waals surface area contributed by atoms with Crippen LogP contribution in [0.15, 0.2) is 16.8 Å². The number of hydrogen-bond donors (Lipinski definition) is 0. The quantitative estimate of drug-likeness (QED) is 0.668. The molecule has 0 unspecified atom stereocenters. The minimum Gasteiger partial charge on any atom is -0.347 e. The Hall–Kier alpha value is -1.24. The third-order valence-electron chi connectivity index (χ3n) is 2.49. The highest BCUT2D eigenvalue weighted by molar-refractivity contribution is 7.16. The molecular formula is C14H14ClNOS. The fourth-order valence-electron chi connectivity index (χ4n) is 1.36. The van der Waals surface area contributed by atoms with Gasteiger partial charge in [0.05, 0.1) is 11.8 Å². The van der Waals surface area contributed by atoms with E-state index in [9.17, 15) is 0 Å². The maximum absolute atomic E-state index is 6.20. The second kappa shape index (κ2) is 4.79. The Morgan fingerprint density at radius 1 is 1.33 bits per heavy atom. The van der Waals surface area contributed by atoms with Crippen molar-refractivity contribution >= 4 is 22.9 Å². The van der Waals surface area contributed by atoms with E-state index < -0.39 is 0 Å². The predicted molar refractivity (Wildman–Crippen MR) is 75.2 cm³/mol. The summed E-state index contributed by atoms with van der Waals surface area (Å²) in [5.74, 6) is 6.59. The molecule has 0 fully saturated rings. The molecule has 0 spiro atoms. The van der Waals surface area contributed by atoms with Crippen molar-refractivity contribution in [2.45, 2.75) is 33.1 Å². The van der Waals surface area contributed by atoms with Crippen molar-refractivity contribution in [3.8, 4) is 11.8 Å². The summed E-state index contributed by atoms with van der Waals surface area (Å²) in [6, 6.07) is 2.05. The van der Waals surface area contributed by atoms with E-state index in [-0.39, 0.29) is 5.41 Å². The zero-order valence-corrected chi connectivity index (χ0v) is 12.4. The summed E-state index contributed by atoms with van der Waals surface area (Å²) < 4.78 is 5.76. The third kappa shape index (κ3) is 2.77. The fourth-order valence-corrected chi connectivity index (χ4v) is 2.60. The summed E-state index contributed by atoms with van der Waals surface area (Å²) in [5, 5.41) is 3.69. The number of aromatic nitrogens is 1. The third-order valence-corrected chi connectivity index (χ3v) is 4.27. The van der Waals surface area contributed by atoms with Crippen molar-refractivity contribution in [2.24, 2.45) is 0 Å². The van der Waals surface area contributed by atoms with Gasteiger partial charge in [-0.05, 0) is 24.3 Å². The van der Waals surface area contributed by atoms with Gasteiger partial charge >= 0.3 is 0 Å². The van der Waals surface area contributed by atoms with Gasteiger partial charge < -0.3 is 4.52 Å². The minimum atomic E-state index is 0.0936. The van der Waals surface area contributed by atoms with Crippen molar-refractivity contribution in [1.82, 2.24) is 5.16 Å². The first-order valence-electron chi connectivity index (χ1n) is 5.61. The lowest BCUT2D eigenvalue weighted by molar-refractivity contribution is 0.410. The second-order valence-corrected chi connectivity index (χ2v) is 6.79. The predicted octanol–water partition coefficient (Wildman–Crippen LogP) is 4.40. The summed E-state index contributed by atoms with van der Waals surface area (Å²) in [4.78, 5) is 1.23. The van der Waals surface area contributed by atoms with Crippen LogP contribution in [0.25, 0.3) is 0 Å². The van der Waals surface area contributed by atoms with Crippen LogP contribution in [-0.4, -0.2) is 5.16 Å². The van der Waals surface area contributed by atoms with Crippen LogP contribution in [0.3, 0.4) is 0 Å². The first-order valence-corrected chi connectivity index (χ1v) is 6.80. The summed E-state index contributed by atoms with van der Waals surface area (Å²) in [6.45, 7) is 8.39. The molecule has 0 amide bonds. The Bertz CT molecular complexity index is 622. The number of rotatable bonds is 0. The van der Waals surface area contributed by atoms with E-state index in [0.29, 0.717) is 5.76 Å². The number of thiophene rings is 1. The van der Waals surface area contributed by atoms with Crippen LogP contribution in [0.2, 0.25) is 4.34 Å². The van der Waals surface area contributed by atoms with E-state index in [1.54, 1.807) is 17.5 Å². The Morgan fingerprint density at radius 3 is 2.56 bits per heavy atom. The summed E-state index contributed by atoms with van der Waals surface area (Å²) in [7, 11) is 0. The van der Waals surface area contributed by atoms with Gasteiger partial charge in [0.15, 0.2) is 0 Å². The maximum atomic E-state index is 6.20. The standard InChI is InChI=1S/C14H14ClNOS/c1-9-8-16-17-11(9)6-5-10-7-12(14(2,3)4)18-13(10)15/h7-8H,1-4H3. The van der Waals surface area contributed by atoms with Gasteiger partial charge in [0.1, 0.15) is 4.34 Å². The van der Waals surface area contributed by atoms with Crippen LogP contribution in [0.5, 0.6) is 0 Å². The first-order chi connectivity index (χ1) is 8.38. The highest BCUT2D eigenvalue weighted by atomic mass is 35.5. The van der Waals surface area contributed by atoms with Crippen molar-refractivity contribution in [3.05, 3.63) is 38.4 Å². The second-order valence-electron chi connectivity index (χ2n) is 5.14. The Labute approximate surface area is 116 Å². The van der Waals surface area contributed by atoms with E-state index in [4.69, 9.17) is 16.1 Å². The van der Waals surface area contributed by atoms with Crippen LogP contribution in [0.4, 0.5) is 0 Å². The zero-order chi connectivity index (χ0) is 13.3. The molecule has 0 aromatic carbocycles. The van der Waals surface area contributed by atoms with Gasteiger partial charge in [0.25, 0.3) is 0 Å². The zero-order valence-electron chi connectivity index (χ0n) is 10.8. The average Bonchev–Trinajstić information content (AvgIpc) is 2.82. The van der Waals surface area contributed by atoms with E-state index in [1.165, 1.54) is 4.88 Å². The molecular weight excluding hydrogens is 266 g/mol. The lowest BCUT2D eigenvalue weighted by atomic mass is 9.94. The van der Waals surface area contributed by atoms with Gasteiger partial charge in [-0.15, -0.1) is 11.3 Å². The molecule has 0 atom stereocenters. The molecule has 0 aliphatic heterocycles. The van der Waals surface area contributed by atoms with Crippen LogP contribution in [0.1, 0.15) is 42.5 Å². The van der Waals surface area contributed by atoms with E-state index in [2.05, 4.69) is 37.8 Å². The van der Waals surface area contributed by atoms with Gasteiger partial charge in [0.2, 0.25) is 5.76 Å². The van der Waals surface area contributed by atoms with Crippen LogP contribution >= 0.6 is 22.9 Å². The monoisotopic (exact) mass is 279 g/mol. The SMILES string of the molecule is Cc1cnoc1C#Cc1cc(C(C)(C)C)sc1Cl. The molecule has 18 heavy (non-hydrogen) atoms. The van der Waals surface area contributed by atoms with Gasteiger partial charge in [0, 0.05) is 10.4 Å².